The van der Waals surface area contributed by atoms with Crippen LogP contribution < -0.4 is 11.1 Å². The van der Waals surface area contributed by atoms with Crippen LogP contribution >= 0.6 is 0 Å². The first-order chi connectivity index (χ1) is 7.67. The first-order valence-corrected chi connectivity index (χ1v) is 5.95. The highest BCUT2D eigenvalue weighted by atomic mass is 19.1. The summed E-state index contributed by atoms with van der Waals surface area (Å²) in [5.74, 6) is -0.321. The van der Waals surface area contributed by atoms with E-state index in [0.29, 0.717) is 6.54 Å². The van der Waals surface area contributed by atoms with E-state index in [1.165, 1.54) is 25.3 Å². The Hall–Kier alpha value is -1.09. The largest absolute Gasteiger partial charge is 0.396 e. The summed E-state index contributed by atoms with van der Waals surface area (Å²) in [5.41, 5.74) is 7.11. The molecular weight excluding hydrogens is 203 g/mol. The van der Waals surface area contributed by atoms with Crippen molar-refractivity contribution < 1.29 is 4.39 Å². The van der Waals surface area contributed by atoms with Gasteiger partial charge in [-0.3, -0.25) is 0 Å². The number of halogens is 1. The monoisotopic (exact) mass is 222 g/mol. The Kier molecular flexibility index (Phi) is 3.15. The molecule has 3 N–H and O–H groups in total. The van der Waals surface area contributed by atoms with Crippen LogP contribution in [0.3, 0.4) is 0 Å². The molecule has 0 aliphatic heterocycles. The predicted molar refractivity (Wildman–Crippen MR) is 64.5 cm³/mol. The number of rotatable bonds is 4. The second kappa shape index (κ2) is 4.42. The van der Waals surface area contributed by atoms with E-state index in [1.54, 1.807) is 6.07 Å². The third-order valence-electron chi connectivity index (χ3n) is 3.78. The van der Waals surface area contributed by atoms with Gasteiger partial charge in [-0.15, -0.1) is 0 Å². The molecule has 0 heterocycles. The van der Waals surface area contributed by atoms with E-state index in [1.807, 2.05) is 6.07 Å². The van der Waals surface area contributed by atoms with Crippen LogP contribution in [0, 0.1) is 5.82 Å². The van der Waals surface area contributed by atoms with Crippen molar-refractivity contribution in [3.63, 3.8) is 0 Å². The lowest BCUT2D eigenvalue weighted by Crippen LogP contribution is -2.49. The molecule has 16 heavy (non-hydrogen) atoms. The van der Waals surface area contributed by atoms with Gasteiger partial charge in [0.2, 0.25) is 0 Å². The second-order valence-electron chi connectivity index (χ2n) is 4.65. The SMILES string of the molecule is CCC1(NCc2cccc(F)c2N)CCC1. The van der Waals surface area contributed by atoms with E-state index >= 15 is 0 Å². The van der Waals surface area contributed by atoms with Crippen LogP contribution in [0.4, 0.5) is 10.1 Å². The van der Waals surface area contributed by atoms with E-state index in [2.05, 4.69) is 12.2 Å². The molecule has 1 aromatic carbocycles. The maximum atomic E-state index is 13.2. The van der Waals surface area contributed by atoms with Gasteiger partial charge in [-0.1, -0.05) is 19.1 Å². The fourth-order valence-electron chi connectivity index (χ4n) is 2.28. The number of nitrogen functional groups attached to an aromatic ring is 1. The smallest absolute Gasteiger partial charge is 0.146 e. The van der Waals surface area contributed by atoms with Crippen LogP contribution in [0.25, 0.3) is 0 Å². The highest BCUT2D eigenvalue weighted by Crippen LogP contribution is 2.35. The molecule has 0 bridgehead atoms. The Morgan fingerprint density at radius 3 is 2.75 bits per heavy atom. The molecule has 0 amide bonds. The highest BCUT2D eigenvalue weighted by Gasteiger charge is 2.34. The Labute approximate surface area is 96.0 Å². The van der Waals surface area contributed by atoms with Crippen molar-refractivity contribution in [2.75, 3.05) is 5.73 Å². The Morgan fingerprint density at radius 1 is 1.44 bits per heavy atom. The van der Waals surface area contributed by atoms with Gasteiger partial charge in [0, 0.05) is 12.1 Å². The highest BCUT2D eigenvalue weighted by molar-refractivity contribution is 5.47. The number of hydrogen-bond donors (Lipinski definition) is 2. The molecule has 0 aromatic heterocycles. The number of anilines is 1. The number of hydrogen-bond acceptors (Lipinski definition) is 2. The lowest BCUT2D eigenvalue weighted by Gasteiger charge is -2.42. The molecule has 1 aromatic rings. The van der Waals surface area contributed by atoms with Crippen molar-refractivity contribution in [1.82, 2.24) is 5.32 Å². The molecule has 3 heteroatoms. The minimum atomic E-state index is -0.321. The number of nitrogens with one attached hydrogen (secondary N) is 1. The van der Waals surface area contributed by atoms with Crippen LogP contribution in [0.15, 0.2) is 18.2 Å². The van der Waals surface area contributed by atoms with Gasteiger partial charge in [-0.05, 0) is 37.3 Å². The van der Waals surface area contributed by atoms with Crippen molar-refractivity contribution in [1.29, 1.82) is 0 Å². The molecule has 0 radical (unpaired) electrons. The Bertz CT molecular complexity index is 367. The number of nitrogens with two attached hydrogens (primary N) is 1. The second-order valence-corrected chi connectivity index (χ2v) is 4.65. The van der Waals surface area contributed by atoms with Crippen molar-refractivity contribution >= 4 is 5.69 Å². The number of benzene rings is 1. The molecule has 1 aliphatic carbocycles. The zero-order valence-electron chi connectivity index (χ0n) is 9.72. The first-order valence-electron chi connectivity index (χ1n) is 5.95. The van der Waals surface area contributed by atoms with Crippen LogP contribution in [-0.2, 0) is 6.54 Å². The fraction of sp³-hybridized carbons (Fsp3) is 0.538. The molecule has 0 atom stereocenters. The molecule has 0 saturated heterocycles. The topological polar surface area (TPSA) is 38.0 Å². The fourth-order valence-corrected chi connectivity index (χ4v) is 2.28. The van der Waals surface area contributed by atoms with Crippen molar-refractivity contribution in [2.45, 2.75) is 44.7 Å². The average Bonchev–Trinajstić information content (AvgIpc) is 2.23. The predicted octanol–water partition coefficient (Wildman–Crippen LogP) is 2.83. The molecule has 1 saturated carbocycles. The van der Waals surface area contributed by atoms with Gasteiger partial charge in [0.1, 0.15) is 5.82 Å². The third kappa shape index (κ3) is 2.05. The molecule has 0 spiro atoms. The van der Waals surface area contributed by atoms with Crippen LogP contribution in [-0.4, -0.2) is 5.54 Å². The van der Waals surface area contributed by atoms with E-state index in [4.69, 9.17) is 5.73 Å². The lowest BCUT2D eigenvalue weighted by molar-refractivity contribution is 0.175. The zero-order valence-corrected chi connectivity index (χ0v) is 9.72. The molecular formula is C13H19FN2. The van der Waals surface area contributed by atoms with E-state index in [0.717, 1.165) is 12.0 Å². The standard InChI is InChI=1S/C13H19FN2/c1-2-13(7-4-8-13)16-9-10-5-3-6-11(14)12(10)15/h3,5-6,16H,2,4,7-9,15H2,1H3. The molecule has 2 rings (SSSR count). The third-order valence-corrected chi connectivity index (χ3v) is 3.78. The maximum Gasteiger partial charge on any atom is 0.146 e. The van der Waals surface area contributed by atoms with Gasteiger partial charge in [0.25, 0.3) is 0 Å². The van der Waals surface area contributed by atoms with Crippen LogP contribution in [0.2, 0.25) is 0 Å². The Balaban J connectivity index is 2.02. The zero-order chi connectivity index (χ0) is 11.6. The van der Waals surface area contributed by atoms with Gasteiger partial charge in [-0.2, -0.15) is 0 Å². The summed E-state index contributed by atoms with van der Waals surface area (Å²) in [5, 5.41) is 3.52. The van der Waals surface area contributed by atoms with E-state index in [9.17, 15) is 4.39 Å². The van der Waals surface area contributed by atoms with E-state index in [-0.39, 0.29) is 17.0 Å². The normalized spacial score (nSPS) is 18.1. The first kappa shape index (κ1) is 11.4. The minimum Gasteiger partial charge on any atom is -0.396 e. The molecule has 1 aliphatic rings. The van der Waals surface area contributed by atoms with Gasteiger partial charge < -0.3 is 11.1 Å². The minimum absolute atomic E-state index is 0.277. The van der Waals surface area contributed by atoms with Gasteiger partial charge in [0.05, 0.1) is 5.69 Å². The van der Waals surface area contributed by atoms with E-state index < -0.39 is 0 Å². The van der Waals surface area contributed by atoms with Crippen molar-refractivity contribution in [3.8, 4) is 0 Å². The molecule has 0 unspecified atom stereocenters. The maximum absolute atomic E-state index is 13.2. The molecule has 88 valence electrons. The average molecular weight is 222 g/mol. The van der Waals surface area contributed by atoms with Gasteiger partial charge in [-0.25, -0.2) is 4.39 Å². The summed E-state index contributed by atoms with van der Waals surface area (Å²) in [6.45, 7) is 2.86. The Morgan fingerprint density at radius 2 is 2.19 bits per heavy atom. The van der Waals surface area contributed by atoms with Crippen LogP contribution in [0.5, 0.6) is 0 Å². The summed E-state index contributed by atoms with van der Waals surface area (Å²) in [6.07, 6.45) is 4.86. The van der Waals surface area contributed by atoms with Gasteiger partial charge >= 0.3 is 0 Å². The van der Waals surface area contributed by atoms with Crippen molar-refractivity contribution in [3.05, 3.63) is 29.6 Å². The van der Waals surface area contributed by atoms with Crippen molar-refractivity contribution in [2.24, 2.45) is 0 Å². The quantitative estimate of drug-likeness (QED) is 0.769. The summed E-state index contributed by atoms with van der Waals surface area (Å²) in [6, 6.07) is 4.99. The van der Waals surface area contributed by atoms with Gasteiger partial charge in [0.15, 0.2) is 0 Å². The molecule has 2 nitrogen and oxygen atoms in total. The summed E-state index contributed by atoms with van der Waals surface area (Å²) >= 11 is 0. The molecule has 1 fully saturated rings. The summed E-state index contributed by atoms with van der Waals surface area (Å²) < 4.78 is 13.2. The summed E-state index contributed by atoms with van der Waals surface area (Å²) in [4.78, 5) is 0. The van der Waals surface area contributed by atoms with Crippen LogP contribution in [0.1, 0.15) is 38.2 Å². The number of para-hydroxylation sites is 1. The lowest BCUT2D eigenvalue weighted by atomic mass is 9.75. The summed E-state index contributed by atoms with van der Waals surface area (Å²) in [7, 11) is 0.